The van der Waals surface area contributed by atoms with Crippen LogP contribution in [0.4, 0.5) is 5.69 Å². The molecule has 0 spiro atoms. The molecule has 30 heavy (non-hydrogen) atoms. The van der Waals surface area contributed by atoms with Crippen LogP contribution < -0.4 is 9.64 Å². The number of hydrogen-bond donors (Lipinski definition) is 0. The number of nitrogens with zero attached hydrogens (tertiary/aromatic N) is 2. The molecule has 152 valence electrons. The van der Waals surface area contributed by atoms with Crippen molar-refractivity contribution in [1.29, 1.82) is 0 Å². The molecule has 0 saturated carbocycles. The summed E-state index contributed by atoms with van der Waals surface area (Å²) >= 11 is 0. The third-order valence-electron chi connectivity index (χ3n) is 5.36. The van der Waals surface area contributed by atoms with E-state index in [1.165, 1.54) is 11.3 Å². The molecule has 3 aromatic rings. The second-order valence-electron chi connectivity index (χ2n) is 7.22. The van der Waals surface area contributed by atoms with Crippen molar-refractivity contribution in [3.63, 3.8) is 0 Å². The van der Waals surface area contributed by atoms with Crippen molar-refractivity contribution in [2.75, 3.05) is 31.1 Å². The number of fused-ring (bicyclic) bond motifs is 1. The average molecular weight is 400 g/mol. The Bertz CT molecular complexity index is 989. The molecule has 1 saturated heterocycles. The van der Waals surface area contributed by atoms with Crippen molar-refractivity contribution >= 4 is 17.9 Å². The van der Waals surface area contributed by atoms with Gasteiger partial charge in [-0.1, -0.05) is 54.6 Å². The summed E-state index contributed by atoms with van der Waals surface area (Å²) in [6.07, 6.45) is 0.744. The van der Waals surface area contributed by atoms with Crippen LogP contribution in [0.25, 0.3) is 0 Å². The summed E-state index contributed by atoms with van der Waals surface area (Å²) in [7, 11) is 0. The maximum Gasteiger partial charge on any atom is 0.254 e. The summed E-state index contributed by atoms with van der Waals surface area (Å²) in [5.74, 6) is 0.989. The minimum atomic E-state index is -0.0598. The van der Waals surface area contributed by atoms with E-state index in [-0.39, 0.29) is 5.91 Å². The van der Waals surface area contributed by atoms with Gasteiger partial charge in [-0.15, -0.1) is 0 Å². The van der Waals surface area contributed by atoms with Crippen LogP contribution in [0.15, 0.2) is 78.9 Å². The normalized spacial score (nSPS) is 14.4. The van der Waals surface area contributed by atoms with Gasteiger partial charge in [-0.2, -0.15) is 0 Å². The standard InChI is InChI=1S/C18H18N2O2.C7H6O/c21-14-15-6-4-5-9-17(15)18(22)20-12-10-19(11-13-20)16-7-2-1-3-8-16;1-2-4-7-6(3-1)5-8-7/h1-9,14H,10-13H2;1-4H,5H2. The van der Waals surface area contributed by atoms with Gasteiger partial charge in [0, 0.05) is 43.0 Å². The molecular weight excluding hydrogens is 376 g/mol. The van der Waals surface area contributed by atoms with Crippen molar-refractivity contribution in [2.24, 2.45) is 0 Å². The van der Waals surface area contributed by atoms with E-state index < -0.39 is 0 Å². The summed E-state index contributed by atoms with van der Waals surface area (Å²) in [6.45, 7) is 3.75. The molecule has 2 aliphatic heterocycles. The Kier molecular flexibility index (Phi) is 6.09. The lowest BCUT2D eigenvalue weighted by Gasteiger charge is -2.36. The van der Waals surface area contributed by atoms with Crippen molar-refractivity contribution in [1.82, 2.24) is 4.90 Å². The Morgan fingerprint density at radius 1 is 0.800 bits per heavy atom. The number of aldehydes is 1. The topological polar surface area (TPSA) is 49.9 Å². The number of carbonyl (C=O) groups is 2. The molecule has 0 aromatic heterocycles. The minimum absolute atomic E-state index is 0.0598. The first-order valence-electron chi connectivity index (χ1n) is 10.1. The van der Waals surface area contributed by atoms with Crippen LogP contribution in [0.1, 0.15) is 26.3 Å². The van der Waals surface area contributed by atoms with Crippen molar-refractivity contribution < 1.29 is 14.3 Å². The predicted octanol–water partition coefficient (Wildman–Crippen LogP) is 4.04. The van der Waals surface area contributed by atoms with Crippen LogP contribution >= 0.6 is 0 Å². The van der Waals surface area contributed by atoms with Crippen molar-refractivity contribution in [3.05, 3.63) is 95.6 Å². The Labute approximate surface area is 176 Å². The van der Waals surface area contributed by atoms with Crippen LogP contribution in [-0.2, 0) is 6.61 Å². The monoisotopic (exact) mass is 400 g/mol. The van der Waals surface area contributed by atoms with E-state index in [1.807, 2.05) is 41.3 Å². The highest BCUT2D eigenvalue weighted by Gasteiger charge is 2.23. The first-order valence-corrected chi connectivity index (χ1v) is 10.1. The highest BCUT2D eigenvalue weighted by molar-refractivity contribution is 6.01. The van der Waals surface area contributed by atoms with Gasteiger partial charge in [-0.05, 0) is 24.3 Å². The van der Waals surface area contributed by atoms with Gasteiger partial charge >= 0.3 is 0 Å². The van der Waals surface area contributed by atoms with Crippen LogP contribution in [0, 0.1) is 0 Å². The molecule has 3 aromatic carbocycles. The molecule has 0 unspecified atom stereocenters. The fourth-order valence-corrected chi connectivity index (χ4v) is 3.61. The molecule has 1 fully saturated rings. The second kappa shape index (κ2) is 9.27. The van der Waals surface area contributed by atoms with E-state index in [0.29, 0.717) is 24.2 Å². The molecule has 0 atom stereocenters. The van der Waals surface area contributed by atoms with E-state index in [9.17, 15) is 9.59 Å². The van der Waals surface area contributed by atoms with Crippen molar-refractivity contribution in [2.45, 2.75) is 6.61 Å². The highest BCUT2D eigenvalue weighted by atomic mass is 16.5. The lowest BCUT2D eigenvalue weighted by molar-refractivity contribution is 0.0744. The molecule has 2 aliphatic rings. The Morgan fingerprint density at radius 2 is 1.47 bits per heavy atom. The van der Waals surface area contributed by atoms with Gasteiger partial charge in [0.2, 0.25) is 0 Å². The maximum atomic E-state index is 12.6. The number of anilines is 1. The molecule has 5 nitrogen and oxygen atoms in total. The second-order valence-corrected chi connectivity index (χ2v) is 7.22. The summed E-state index contributed by atoms with van der Waals surface area (Å²) in [5.41, 5.74) is 3.46. The number of ether oxygens (including phenoxy) is 1. The lowest BCUT2D eigenvalue weighted by Crippen LogP contribution is -2.49. The smallest absolute Gasteiger partial charge is 0.254 e. The molecule has 0 N–H and O–H groups in total. The van der Waals surface area contributed by atoms with Crippen LogP contribution in [-0.4, -0.2) is 43.3 Å². The largest absolute Gasteiger partial charge is 0.488 e. The third-order valence-corrected chi connectivity index (χ3v) is 5.36. The summed E-state index contributed by atoms with van der Waals surface area (Å²) < 4.78 is 5.08. The van der Waals surface area contributed by atoms with Gasteiger partial charge in [-0.3, -0.25) is 9.59 Å². The number of para-hydroxylation sites is 2. The first kappa shape index (κ1) is 19.7. The SMILES string of the molecule is O=Cc1ccccc1C(=O)N1CCN(c2ccccc2)CC1.c1ccc2c(c1)CO2. The van der Waals surface area contributed by atoms with Gasteiger partial charge in [0.05, 0.1) is 5.56 Å². The molecule has 0 radical (unpaired) electrons. The average Bonchev–Trinajstić information content (AvgIpc) is 2.80. The predicted molar refractivity (Wildman–Crippen MR) is 117 cm³/mol. The van der Waals surface area contributed by atoms with E-state index in [2.05, 4.69) is 23.1 Å². The lowest BCUT2D eigenvalue weighted by atomic mass is 10.1. The number of rotatable bonds is 3. The fourth-order valence-electron chi connectivity index (χ4n) is 3.61. The zero-order chi connectivity index (χ0) is 20.8. The first-order chi connectivity index (χ1) is 14.8. The minimum Gasteiger partial charge on any atom is -0.488 e. The maximum absolute atomic E-state index is 12.6. The van der Waals surface area contributed by atoms with E-state index in [4.69, 9.17) is 4.74 Å². The Morgan fingerprint density at radius 3 is 2.07 bits per heavy atom. The number of carbonyl (C=O) groups excluding carboxylic acids is 2. The Hall–Kier alpha value is -3.60. The molecular formula is C25H24N2O3. The van der Waals surface area contributed by atoms with Crippen LogP contribution in [0.3, 0.4) is 0 Å². The molecule has 5 rings (SSSR count). The number of hydrogen-bond acceptors (Lipinski definition) is 4. The van der Waals surface area contributed by atoms with Crippen molar-refractivity contribution in [3.8, 4) is 5.75 Å². The molecule has 1 amide bonds. The Balaban J connectivity index is 0.000000225. The van der Waals surface area contributed by atoms with Gasteiger partial charge < -0.3 is 14.5 Å². The van der Waals surface area contributed by atoms with Gasteiger partial charge in [0.25, 0.3) is 5.91 Å². The van der Waals surface area contributed by atoms with Gasteiger partial charge in [-0.25, -0.2) is 0 Å². The molecule has 0 bridgehead atoms. The number of piperazine rings is 1. The molecule has 5 heteroatoms. The van der Waals surface area contributed by atoms with E-state index >= 15 is 0 Å². The highest BCUT2D eigenvalue weighted by Crippen LogP contribution is 2.27. The molecule has 2 heterocycles. The zero-order valence-electron chi connectivity index (χ0n) is 16.7. The quantitative estimate of drug-likeness (QED) is 0.623. The van der Waals surface area contributed by atoms with Gasteiger partial charge in [0.1, 0.15) is 12.4 Å². The van der Waals surface area contributed by atoms with Crippen LogP contribution in [0.5, 0.6) is 5.75 Å². The third kappa shape index (κ3) is 4.35. The molecule has 0 aliphatic carbocycles. The van der Waals surface area contributed by atoms with Crippen LogP contribution in [0.2, 0.25) is 0 Å². The summed E-state index contributed by atoms with van der Waals surface area (Å²) in [6, 6.07) is 25.2. The van der Waals surface area contributed by atoms with E-state index in [0.717, 1.165) is 31.7 Å². The van der Waals surface area contributed by atoms with Gasteiger partial charge in [0.15, 0.2) is 6.29 Å². The number of amides is 1. The fraction of sp³-hybridized carbons (Fsp3) is 0.200. The van der Waals surface area contributed by atoms with E-state index in [1.54, 1.807) is 24.3 Å². The summed E-state index contributed by atoms with van der Waals surface area (Å²) in [4.78, 5) is 27.7. The zero-order valence-corrected chi connectivity index (χ0v) is 16.7. The number of benzene rings is 3. The summed E-state index contributed by atoms with van der Waals surface area (Å²) in [5, 5.41) is 0.